The van der Waals surface area contributed by atoms with Gasteiger partial charge in [-0.25, -0.2) is 13.2 Å². The zero-order valence-electron chi connectivity index (χ0n) is 37.1. The van der Waals surface area contributed by atoms with Crippen molar-refractivity contribution in [2.45, 2.75) is 30.6 Å². The van der Waals surface area contributed by atoms with Crippen LogP contribution in [0.1, 0.15) is 32.6 Å². The number of aldehydes is 1. The van der Waals surface area contributed by atoms with Gasteiger partial charge in [0.1, 0.15) is 6.29 Å². The van der Waals surface area contributed by atoms with Crippen LogP contribution in [-0.2, 0) is 20.0 Å². The molecule has 0 saturated heterocycles. The average molecular weight is 974 g/mol. The van der Waals surface area contributed by atoms with E-state index >= 15 is 0 Å². The summed E-state index contributed by atoms with van der Waals surface area (Å²) in [5.41, 5.74) is 19.8. The van der Waals surface area contributed by atoms with E-state index in [2.05, 4.69) is 30.3 Å². The number of aryl methyl sites for hydroxylation is 3. The highest BCUT2D eigenvalue weighted by Gasteiger charge is 2.11. The number of carbonyl (C=O) groups is 1. The third-order valence-electron chi connectivity index (χ3n) is 8.80. The van der Waals surface area contributed by atoms with Gasteiger partial charge in [0, 0.05) is 34.6 Å². The number of nitrogens with zero attached hydrogens (tertiary/aromatic N) is 7. The SMILES string of the molecule is Cc1ccc(-c2nnn(-c3ccc(N)cc3)n2)cc1.Cc1ccc(/C=N/NS(=O)(=O)c2ccccc2)cc1.Cc1ccc(C=O)cc1.N#[N+]c1ccc(N)cc1.NNS(=O)(=O)c1ccccc1.[Cl-]. The van der Waals surface area contributed by atoms with Gasteiger partial charge in [0.2, 0.25) is 11.2 Å². The summed E-state index contributed by atoms with van der Waals surface area (Å²) in [5, 5.41) is 24.4. The molecule has 0 radical (unpaired) electrons. The number of carbonyl (C=O) groups excluding carboxylic acids is 1. The molecule has 0 amide bonds. The van der Waals surface area contributed by atoms with Gasteiger partial charge < -0.3 is 23.9 Å². The Morgan fingerprint density at radius 1 is 0.603 bits per heavy atom. The Balaban J connectivity index is 0.000000234. The molecule has 1 aromatic heterocycles. The van der Waals surface area contributed by atoms with E-state index in [1.54, 1.807) is 65.5 Å². The molecular weight excluding hydrogens is 924 g/mol. The molecule has 0 fully saturated rings. The summed E-state index contributed by atoms with van der Waals surface area (Å²) in [6, 6.07) is 53.1. The number of rotatable bonds is 9. The van der Waals surface area contributed by atoms with Crippen LogP contribution in [0.2, 0.25) is 0 Å². The number of hydrogen-bond acceptors (Lipinski definition) is 13. The number of anilines is 2. The largest absolute Gasteiger partial charge is 1.00 e. The molecule has 68 heavy (non-hydrogen) atoms. The number of diazo groups is 1. The first-order chi connectivity index (χ1) is 32.1. The van der Waals surface area contributed by atoms with Gasteiger partial charge in [0.05, 0.1) is 21.7 Å². The van der Waals surface area contributed by atoms with Gasteiger partial charge in [0.15, 0.2) is 4.98 Å². The second kappa shape index (κ2) is 27.4. The molecule has 1 heterocycles. The zero-order valence-corrected chi connectivity index (χ0v) is 39.5. The predicted molar refractivity (Wildman–Crippen MR) is 262 cm³/mol. The fraction of sp³-hybridized carbons (Fsp3) is 0.0625. The molecule has 0 spiro atoms. The van der Waals surface area contributed by atoms with E-state index < -0.39 is 20.0 Å². The van der Waals surface area contributed by atoms with Crippen LogP contribution >= 0.6 is 0 Å². The third-order valence-corrected chi connectivity index (χ3v) is 11.2. The van der Waals surface area contributed by atoms with Crippen LogP contribution in [-0.4, -0.2) is 49.5 Å². The molecule has 350 valence electrons. The first-order valence-electron chi connectivity index (χ1n) is 20.0. The Bertz CT molecular complexity index is 2990. The second-order valence-electron chi connectivity index (χ2n) is 14.1. The Morgan fingerprint density at radius 3 is 1.50 bits per heavy atom. The molecule has 8 rings (SSSR count). The van der Waals surface area contributed by atoms with Crippen molar-refractivity contribution in [3.63, 3.8) is 0 Å². The number of benzene rings is 7. The third kappa shape index (κ3) is 18.4. The minimum Gasteiger partial charge on any atom is -1.00 e. The number of tetrazole rings is 1. The normalized spacial score (nSPS) is 10.3. The van der Waals surface area contributed by atoms with Crippen molar-refractivity contribution in [1.29, 1.82) is 5.39 Å². The van der Waals surface area contributed by atoms with Gasteiger partial charge in [-0.05, 0) is 92.2 Å². The summed E-state index contributed by atoms with van der Waals surface area (Å²) in [7, 11) is -7.06. The first kappa shape index (κ1) is 54.2. The Labute approximate surface area is 401 Å². The minimum absolute atomic E-state index is 0. The lowest BCUT2D eigenvalue weighted by molar-refractivity contribution is -0.0000252. The summed E-state index contributed by atoms with van der Waals surface area (Å²) < 4.78 is 45.6. The Kier molecular flexibility index (Phi) is 21.8. The molecule has 0 aliphatic carbocycles. The van der Waals surface area contributed by atoms with Crippen LogP contribution in [0.5, 0.6) is 0 Å². The van der Waals surface area contributed by atoms with Crippen LogP contribution in [0.15, 0.2) is 197 Å². The molecule has 0 aliphatic heterocycles. The predicted octanol–water partition coefficient (Wildman–Crippen LogP) is 4.93. The van der Waals surface area contributed by atoms with Crippen molar-refractivity contribution in [1.82, 2.24) is 29.9 Å². The van der Waals surface area contributed by atoms with Gasteiger partial charge in [-0.3, -0.25) is 10.6 Å². The molecule has 0 saturated carbocycles. The number of nitrogens with two attached hydrogens (primary N) is 3. The molecule has 0 atom stereocenters. The second-order valence-corrected chi connectivity index (χ2v) is 17.5. The van der Waals surface area contributed by atoms with Crippen LogP contribution in [0.3, 0.4) is 0 Å². The number of sulfonamides is 2. The average Bonchev–Trinajstić information content (AvgIpc) is 3.85. The van der Waals surface area contributed by atoms with Gasteiger partial charge >= 0.3 is 5.69 Å². The fourth-order valence-corrected chi connectivity index (χ4v) is 6.54. The molecule has 7 aromatic carbocycles. The quantitative estimate of drug-likeness (QED) is 0.0322. The van der Waals surface area contributed by atoms with Crippen LogP contribution < -0.4 is 39.4 Å². The number of aromatic nitrogens is 4. The molecule has 0 unspecified atom stereocenters. The Hall–Kier alpha value is -8.12. The van der Waals surface area contributed by atoms with E-state index in [-0.39, 0.29) is 22.2 Å². The summed E-state index contributed by atoms with van der Waals surface area (Å²) in [4.78, 5) is 18.8. The first-order valence-corrected chi connectivity index (χ1v) is 23.0. The van der Waals surface area contributed by atoms with Crippen molar-refractivity contribution in [3.05, 3.63) is 215 Å². The highest BCUT2D eigenvalue weighted by atomic mass is 35.5. The molecule has 17 nitrogen and oxygen atoms in total. The summed E-state index contributed by atoms with van der Waals surface area (Å²) in [5.74, 6) is 5.41. The van der Waals surface area contributed by atoms with Gasteiger partial charge in [-0.2, -0.15) is 18.4 Å². The van der Waals surface area contributed by atoms with E-state index in [1.165, 1.54) is 46.4 Å². The van der Waals surface area contributed by atoms with E-state index in [0.717, 1.165) is 34.2 Å². The van der Waals surface area contributed by atoms with E-state index in [9.17, 15) is 21.6 Å². The van der Waals surface area contributed by atoms with Crippen molar-refractivity contribution >= 4 is 49.6 Å². The maximum atomic E-state index is 11.9. The molecule has 20 heteroatoms. The maximum absolute atomic E-state index is 11.9. The minimum atomic E-state index is -3.59. The molecule has 0 bridgehead atoms. The number of hydrazine groups is 1. The van der Waals surface area contributed by atoms with Gasteiger partial charge in [-0.15, -0.1) is 15.0 Å². The summed E-state index contributed by atoms with van der Waals surface area (Å²) >= 11 is 0. The van der Waals surface area contributed by atoms with Crippen LogP contribution in [0.4, 0.5) is 17.1 Å². The van der Waals surface area contributed by atoms with E-state index in [0.29, 0.717) is 22.9 Å². The summed E-state index contributed by atoms with van der Waals surface area (Å²) in [6.07, 6.45) is 2.32. The number of nitrogens with one attached hydrogen (secondary N) is 2. The highest BCUT2D eigenvalue weighted by Crippen LogP contribution is 2.16. The maximum Gasteiger partial charge on any atom is 0.385 e. The van der Waals surface area contributed by atoms with Crippen molar-refractivity contribution in [2.75, 3.05) is 11.5 Å². The molecule has 8 aromatic rings. The van der Waals surface area contributed by atoms with E-state index in [1.807, 2.05) is 118 Å². The van der Waals surface area contributed by atoms with Crippen LogP contribution in [0, 0.1) is 26.2 Å². The van der Waals surface area contributed by atoms with Gasteiger partial charge in [-0.1, -0.05) is 126 Å². The molecular formula is C48H49ClN12O5S2. The van der Waals surface area contributed by atoms with Gasteiger partial charge in [0.25, 0.3) is 20.0 Å². The number of halogens is 1. The molecule has 0 aliphatic rings. The lowest BCUT2D eigenvalue weighted by Crippen LogP contribution is -3.00. The molecule has 8 N–H and O–H groups in total. The number of hydrazone groups is 1. The highest BCUT2D eigenvalue weighted by molar-refractivity contribution is 7.89. The number of hydrogen-bond donors (Lipinski definition) is 5. The lowest BCUT2D eigenvalue weighted by atomic mass is 10.1. The van der Waals surface area contributed by atoms with Crippen molar-refractivity contribution in [2.24, 2.45) is 10.9 Å². The zero-order chi connectivity index (χ0) is 48.7. The monoisotopic (exact) mass is 972 g/mol. The van der Waals surface area contributed by atoms with Crippen LogP contribution in [0.25, 0.3) is 22.1 Å². The lowest BCUT2D eigenvalue weighted by Gasteiger charge is -2.02. The van der Waals surface area contributed by atoms with E-state index in [4.69, 9.17) is 22.7 Å². The Morgan fingerprint density at radius 2 is 1.04 bits per heavy atom. The summed E-state index contributed by atoms with van der Waals surface area (Å²) in [6.45, 7) is 6.02. The fourth-order valence-electron chi connectivity index (χ4n) is 5.08. The van der Waals surface area contributed by atoms with Crippen molar-refractivity contribution in [3.8, 4) is 17.1 Å². The standard InChI is InChI=1S/C14H13N5.C14H14N2O2S.C8H8O.C6H6N3.C6H8N2O2S.ClH/c1-10-2-4-11(5-3-10)14-16-18-19(17-14)13-8-6-12(15)7-9-13;1-12-7-9-13(10-8-12)11-15-16-19(17,18)14-5-3-2-4-6-14;1-7-2-4-8(6-9)5-3-7;7-5-1-3-6(9-8)4-2-5;7-8-11(9,10)6-4-2-1-3-5-6;/h2-9H,15H2,1H3;2-11,16H,1H3;2-6H,1H3;1-4H,7H2;1-5,8H,7H2;1H/q;;;+1;;/p-1/b;15-11+;;;;. The topological polar surface area (TPSA) is 272 Å². The number of nitrogen functional groups attached to an aromatic ring is 2. The smallest absolute Gasteiger partial charge is 0.385 e. The van der Waals surface area contributed by atoms with Crippen molar-refractivity contribution < 1.29 is 34.0 Å².